The van der Waals surface area contributed by atoms with Gasteiger partial charge in [-0.15, -0.1) is 0 Å². The molecule has 1 aliphatic heterocycles. The van der Waals surface area contributed by atoms with E-state index < -0.39 is 0 Å². The monoisotopic (exact) mass is 264 g/mol. The van der Waals surface area contributed by atoms with E-state index in [0.29, 0.717) is 6.42 Å². The van der Waals surface area contributed by atoms with Crippen LogP contribution in [-0.2, 0) is 9.59 Å². The summed E-state index contributed by atoms with van der Waals surface area (Å²) in [6.45, 7) is 0. The molecule has 0 aromatic heterocycles. The molecule has 106 valence electrons. The zero-order valence-corrected chi connectivity index (χ0v) is 11.6. The van der Waals surface area contributed by atoms with E-state index in [0.717, 1.165) is 51.4 Å². The Labute approximate surface area is 114 Å². The van der Waals surface area contributed by atoms with Crippen LogP contribution in [0.3, 0.4) is 0 Å². The molecule has 4 nitrogen and oxygen atoms in total. The van der Waals surface area contributed by atoms with E-state index in [4.69, 9.17) is 5.73 Å². The van der Waals surface area contributed by atoms with E-state index in [-0.39, 0.29) is 29.3 Å². The van der Waals surface area contributed by atoms with Gasteiger partial charge in [-0.1, -0.05) is 32.1 Å². The molecular weight excluding hydrogens is 240 g/mol. The molecule has 0 radical (unpaired) electrons. The summed E-state index contributed by atoms with van der Waals surface area (Å²) in [4.78, 5) is 26.7. The minimum absolute atomic E-state index is 0.0213. The number of nitrogens with zero attached hydrogens (tertiary/aromatic N) is 1. The lowest BCUT2D eigenvalue weighted by Gasteiger charge is -2.31. The number of hydrogen-bond acceptors (Lipinski definition) is 3. The van der Waals surface area contributed by atoms with Crippen LogP contribution in [0, 0.1) is 5.41 Å². The summed E-state index contributed by atoms with van der Waals surface area (Å²) in [5.74, 6) is 0.131. The van der Waals surface area contributed by atoms with Crippen LogP contribution in [0.15, 0.2) is 0 Å². The van der Waals surface area contributed by atoms with Crippen molar-refractivity contribution >= 4 is 11.8 Å². The number of rotatable bonds is 1. The Balaban J connectivity index is 1.83. The van der Waals surface area contributed by atoms with Gasteiger partial charge in [0, 0.05) is 12.5 Å². The highest BCUT2D eigenvalue weighted by Crippen LogP contribution is 2.48. The molecule has 1 spiro atoms. The van der Waals surface area contributed by atoms with Crippen molar-refractivity contribution in [3.05, 3.63) is 0 Å². The first-order chi connectivity index (χ1) is 9.14. The van der Waals surface area contributed by atoms with Gasteiger partial charge in [-0.05, 0) is 25.7 Å². The van der Waals surface area contributed by atoms with Crippen molar-refractivity contribution in [2.45, 2.75) is 76.3 Å². The van der Waals surface area contributed by atoms with Gasteiger partial charge in [-0.2, -0.15) is 0 Å². The second kappa shape index (κ2) is 4.89. The van der Waals surface area contributed by atoms with Gasteiger partial charge in [0.1, 0.15) is 0 Å². The molecule has 3 fully saturated rings. The summed E-state index contributed by atoms with van der Waals surface area (Å²) in [6, 6.07) is -0.0607. The lowest BCUT2D eigenvalue weighted by molar-refractivity contribution is -0.144. The van der Waals surface area contributed by atoms with Gasteiger partial charge < -0.3 is 5.73 Å². The van der Waals surface area contributed by atoms with E-state index in [1.54, 1.807) is 4.90 Å². The van der Waals surface area contributed by atoms with Crippen LogP contribution >= 0.6 is 0 Å². The number of imide groups is 1. The first-order valence-corrected chi connectivity index (χ1v) is 7.76. The number of carbonyl (C=O) groups is 2. The molecule has 2 amide bonds. The Bertz CT molecular complexity index is 388. The van der Waals surface area contributed by atoms with Crippen molar-refractivity contribution in [3.8, 4) is 0 Å². The zero-order chi connectivity index (χ0) is 13.5. The van der Waals surface area contributed by atoms with E-state index in [1.165, 1.54) is 6.42 Å². The molecule has 3 rings (SSSR count). The van der Waals surface area contributed by atoms with Gasteiger partial charge in [-0.25, -0.2) is 0 Å². The highest BCUT2D eigenvalue weighted by molar-refractivity contribution is 6.06. The second-order valence-electron chi connectivity index (χ2n) is 6.60. The molecule has 1 heterocycles. The maximum absolute atomic E-state index is 12.7. The highest BCUT2D eigenvalue weighted by atomic mass is 16.2. The van der Waals surface area contributed by atoms with Crippen LogP contribution < -0.4 is 5.73 Å². The predicted molar refractivity (Wildman–Crippen MR) is 72.2 cm³/mol. The fourth-order valence-corrected chi connectivity index (χ4v) is 4.23. The number of nitrogens with two attached hydrogens (primary N) is 1. The fraction of sp³-hybridized carbons (Fsp3) is 0.867. The number of hydrogen-bond donors (Lipinski definition) is 1. The van der Waals surface area contributed by atoms with Crippen LogP contribution in [0.25, 0.3) is 0 Å². The summed E-state index contributed by atoms with van der Waals surface area (Å²) in [7, 11) is 0. The number of carbonyl (C=O) groups excluding carboxylic acids is 2. The van der Waals surface area contributed by atoms with Crippen molar-refractivity contribution in [1.29, 1.82) is 0 Å². The quantitative estimate of drug-likeness (QED) is 0.581. The fourth-order valence-electron chi connectivity index (χ4n) is 4.23. The molecule has 2 saturated carbocycles. The summed E-state index contributed by atoms with van der Waals surface area (Å²) < 4.78 is 0. The molecule has 0 bridgehead atoms. The van der Waals surface area contributed by atoms with Crippen molar-refractivity contribution in [2.24, 2.45) is 11.1 Å². The molecule has 1 saturated heterocycles. The number of likely N-dealkylation sites (tertiary alicyclic amines) is 1. The van der Waals surface area contributed by atoms with Crippen molar-refractivity contribution in [3.63, 3.8) is 0 Å². The van der Waals surface area contributed by atoms with E-state index in [2.05, 4.69) is 0 Å². The first-order valence-electron chi connectivity index (χ1n) is 7.76. The van der Waals surface area contributed by atoms with Gasteiger partial charge >= 0.3 is 0 Å². The summed E-state index contributed by atoms with van der Waals surface area (Å²) >= 11 is 0. The molecule has 19 heavy (non-hydrogen) atoms. The molecule has 2 unspecified atom stereocenters. The average molecular weight is 264 g/mol. The van der Waals surface area contributed by atoms with Crippen LogP contribution in [0.4, 0.5) is 0 Å². The Morgan fingerprint density at radius 3 is 2.42 bits per heavy atom. The van der Waals surface area contributed by atoms with Gasteiger partial charge in [-0.3, -0.25) is 14.5 Å². The smallest absolute Gasteiger partial charge is 0.236 e. The molecule has 3 aliphatic rings. The van der Waals surface area contributed by atoms with Crippen LogP contribution in [0.2, 0.25) is 0 Å². The van der Waals surface area contributed by atoms with Crippen molar-refractivity contribution < 1.29 is 9.59 Å². The molecule has 0 aromatic carbocycles. The minimum Gasteiger partial charge on any atom is -0.326 e. The standard InChI is InChI=1S/C15H24N2O2/c16-11-6-2-1-3-7-12(11)17-13(18)10-15(14(17)19)8-4-5-9-15/h11-12H,1-10,16H2. The maximum Gasteiger partial charge on any atom is 0.236 e. The van der Waals surface area contributed by atoms with E-state index >= 15 is 0 Å². The second-order valence-corrected chi connectivity index (χ2v) is 6.60. The molecule has 2 aliphatic carbocycles. The minimum atomic E-state index is -0.344. The Morgan fingerprint density at radius 1 is 1.00 bits per heavy atom. The molecular formula is C15H24N2O2. The van der Waals surface area contributed by atoms with E-state index in [1.807, 2.05) is 0 Å². The normalized spacial score (nSPS) is 35.1. The molecule has 2 N–H and O–H groups in total. The van der Waals surface area contributed by atoms with Gasteiger partial charge in [0.2, 0.25) is 11.8 Å². The highest BCUT2D eigenvalue weighted by Gasteiger charge is 2.54. The van der Waals surface area contributed by atoms with E-state index in [9.17, 15) is 9.59 Å². The molecule has 2 atom stereocenters. The summed E-state index contributed by atoms with van der Waals surface area (Å²) in [6.07, 6.45) is 9.63. The third-order valence-corrected chi connectivity index (χ3v) is 5.35. The summed E-state index contributed by atoms with van der Waals surface area (Å²) in [5.41, 5.74) is 5.88. The zero-order valence-electron chi connectivity index (χ0n) is 11.6. The van der Waals surface area contributed by atoms with Crippen LogP contribution in [0.5, 0.6) is 0 Å². The Hall–Kier alpha value is -0.900. The average Bonchev–Trinajstić information content (AvgIpc) is 2.86. The number of amides is 2. The first kappa shape index (κ1) is 13.1. The van der Waals surface area contributed by atoms with Gasteiger partial charge in [0.05, 0.1) is 11.5 Å². The topological polar surface area (TPSA) is 63.4 Å². The molecule has 0 aromatic rings. The van der Waals surface area contributed by atoms with Crippen LogP contribution in [0.1, 0.15) is 64.2 Å². The lowest BCUT2D eigenvalue weighted by Crippen LogP contribution is -2.50. The third kappa shape index (κ3) is 2.10. The lowest BCUT2D eigenvalue weighted by atomic mass is 9.84. The Kier molecular flexibility index (Phi) is 3.37. The SMILES string of the molecule is NC1CCCCCC1N1C(=O)CC2(CCCC2)C1=O. The largest absolute Gasteiger partial charge is 0.326 e. The predicted octanol–water partition coefficient (Wildman–Crippen LogP) is 1.97. The summed E-state index contributed by atoms with van der Waals surface area (Å²) in [5, 5.41) is 0. The maximum atomic E-state index is 12.7. The van der Waals surface area contributed by atoms with Crippen molar-refractivity contribution in [2.75, 3.05) is 0 Å². The van der Waals surface area contributed by atoms with Gasteiger partial charge in [0.25, 0.3) is 0 Å². The third-order valence-electron chi connectivity index (χ3n) is 5.35. The van der Waals surface area contributed by atoms with Gasteiger partial charge in [0.15, 0.2) is 0 Å². The van der Waals surface area contributed by atoms with Crippen LogP contribution in [-0.4, -0.2) is 28.8 Å². The molecule has 4 heteroatoms. The van der Waals surface area contributed by atoms with Crippen molar-refractivity contribution in [1.82, 2.24) is 4.90 Å². The Morgan fingerprint density at radius 2 is 1.68 bits per heavy atom.